The van der Waals surface area contributed by atoms with Crippen LogP contribution < -0.4 is 5.32 Å². The molecule has 2 heterocycles. The minimum atomic E-state index is -1.07. The van der Waals surface area contributed by atoms with Crippen molar-refractivity contribution in [3.8, 4) is 5.69 Å². The average Bonchev–Trinajstić information content (AvgIpc) is 3.25. The lowest BCUT2D eigenvalue weighted by molar-refractivity contribution is -0.122. The van der Waals surface area contributed by atoms with Crippen LogP contribution in [0.4, 0.5) is 0 Å². The van der Waals surface area contributed by atoms with E-state index in [-0.39, 0.29) is 17.5 Å². The number of aromatic nitrogens is 4. The molecule has 0 radical (unpaired) electrons. The highest BCUT2D eigenvalue weighted by Gasteiger charge is 2.22. The summed E-state index contributed by atoms with van der Waals surface area (Å²) in [6, 6.07) is 8.88. The fourth-order valence-electron chi connectivity index (χ4n) is 3.28. The smallest absolute Gasteiger partial charge is 0.356 e. The molecule has 8 nitrogen and oxygen atoms in total. The van der Waals surface area contributed by atoms with Gasteiger partial charge in [-0.2, -0.15) is 10.2 Å². The van der Waals surface area contributed by atoms with E-state index in [1.807, 2.05) is 52.1 Å². The standard InChI is InChI=1S/C20H23N5O3/c1-12(18-13(2)22-24(4)14(18)3)19(26)21-11-15-6-5-7-16(10-15)25-9-8-17(23-25)20(27)28/h5-10,12H,11H2,1-4H3,(H,21,26)(H,27,28). The molecule has 0 aliphatic rings. The molecule has 28 heavy (non-hydrogen) atoms. The highest BCUT2D eigenvalue weighted by Crippen LogP contribution is 2.23. The molecular formula is C20H23N5O3. The first-order chi connectivity index (χ1) is 13.3. The van der Waals surface area contributed by atoms with Gasteiger partial charge >= 0.3 is 5.97 Å². The third-order valence-corrected chi connectivity index (χ3v) is 4.84. The molecule has 0 aliphatic carbocycles. The first-order valence-electron chi connectivity index (χ1n) is 8.94. The summed E-state index contributed by atoms with van der Waals surface area (Å²) >= 11 is 0. The number of carbonyl (C=O) groups excluding carboxylic acids is 1. The third kappa shape index (κ3) is 3.80. The number of nitrogens with one attached hydrogen (secondary N) is 1. The molecule has 3 rings (SSSR count). The van der Waals surface area contributed by atoms with Crippen molar-refractivity contribution in [1.82, 2.24) is 24.9 Å². The zero-order valence-corrected chi connectivity index (χ0v) is 16.3. The van der Waals surface area contributed by atoms with Crippen LogP contribution in [0.25, 0.3) is 5.69 Å². The molecule has 2 aromatic heterocycles. The lowest BCUT2D eigenvalue weighted by Gasteiger charge is -2.13. The van der Waals surface area contributed by atoms with E-state index < -0.39 is 5.97 Å². The summed E-state index contributed by atoms with van der Waals surface area (Å²) in [6.45, 7) is 6.10. The van der Waals surface area contributed by atoms with Gasteiger partial charge in [0.2, 0.25) is 5.91 Å². The zero-order valence-electron chi connectivity index (χ0n) is 16.3. The van der Waals surface area contributed by atoms with Crippen molar-refractivity contribution >= 4 is 11.9 Å². The van der Waals surface area contributed by atoms with Crippen LogP contribution in [0.1, 0.15) is 45.8 Å². The first kappa shape index (κ1) is 19.3. The highest BCUT2D eigenvalue weighted by atomic mass is 16.4. The summed E-state index contributed by atoms with van der Waals surface area (Å²) < 4.78 is 3.28. The van der Waals surface area contributed by atoms with Crippen molar-refractivity contribution in [1.29, 1.82) is 0 Å². The second kappa shape index (κ2) is 7.67. The van der Waals surface area contributed by atoms with Gasteiger partial charge in [-0.1, -0.05) is 12.1 Å². The molecule has 3 aromatic rings. The number of aromatic carboxylic acids is 1. The van der Waals surface area contributed by atoms with E-state index in [1.54, 1.807) is 10.9 Å². The molecule has 2 N–H and O–H groups in total. The maximum absolute atomic E-state index is 12.6. The molecule has 0 aliphatic heterocycles. The Kier molecular flexibility index (Phi) is 5.30. The van der Waals surface area contributed by atoms with Gasteiger partial charge in [0.05, 0.1) is 17.3 Å². The molecule has 146 valence electrons. The van der Waals surface area contributed by atoms with Crippen molar-refractivity contribution in [3.63, 3.8) is 0 Å². The Labute approximate surface area is 162 Å². The number of carboxylic acids is 1. The highest BCUT2D eigenvalue weighted by molar-refractivity contribution is 5.85. The number of carbonyl (C=O) groups is 2. The fraction of sp³-hybridized carbons (Fsp3) is 0.300. The lowest BCUT2D eigenvalue weighted by atomic mass is 9.98. The van der Waals surface area contributed by atoms with Crippen LogP contribution >= 0.6 is 0 Å². The molecule has 0 spiro atoms. The summed E-state index contributed by atoms with van der Waals surface area (Å²) in [6.07, 6.45) is 1.59. The van der Waals surface area contributed by atoms with E-state index in [9.17, 15) is 9.59 Å². The van der Waals surface area contributed by atoms with Gasteiger partial charge in [-0.3, -0.25) is 9.48 Å². The van der Waals surface area contributed by atoms with Crippen LogP contribution in [-0.2, 0) is 18.4 Å². The minimum Gasteiger partial charge on any atom is -0.476 e. The van der Waals surface area contributed by atoms with E-state index in [2.05, 4.69) is 15.5 Å². The van der Waals surface area contributed by atoms with E-state index in [4.69, 9.17) is 5.11 Å². The minimum absolute atomic E-state index is 0.0188. The number of hydrogen-bond donors (Lipinski definition) is 2. The van der Waals surface area contributed by atoms with E-state index >= 15 is 0 Å². The largest absolute Gasteiger partial charge is 0.476 e. The van der Waals surface area contributed by atoms with Crippen LogP contribution in [0.15, 0.2) is 36.5 Å². The van der Waals surface area contributed by atoms with Crippen LogP contribution in [-0.4, -0.2) is 36.5 Å². The molecule has 1 amide bonds. The number of rotatable bonds is 6. The van der Waals surface area contributed by atoms with Gasteiger partial charge in [-0.15, -0.1) is 0 Å². The van der Waals surface area contributed by atoms with E-state index in [0.717, 1.165) is 28.2 Å². The van der Waals surface area contributed by atoms with Crippen LogP contribution in [0.5, 0.6) is 0 Å². The molecule has 0 saturated carbocycles. The van der Waals surface area contributed by atoms with Crippen molar-refractivity contribution in [3.05, 3.63) is 64.7 Å². The number of carboxylic acid groups (broad SMARTS) is 1. The molecular weight excluding hydrogens is 358 g/mol. The van der Waals surface area contributed by atoms with Crippen LogP contribution in [0.2, 0.25) is 0 Å². The number of aryl methyl sites for hydroxylation is 2. The van der Waals surface area contributed by atoms with Crippen LogP contribution in [0, 0.1) is 13.8 Å². The monoisotopic (exact) mass is 381 g/mol. The number of nitrogens with zero attached hydrogens (tertiary/aromatic N) is 4. The molecule has 0 fully saturated rings. The third-order valence-electron chi connectivity index (χ3n) is 4.84. The number of benzene rings is 1. The van der Waals surface area contributed by atoms with Gasteiger partial charge in [-0.05, 0) is 44.5 Å². The molecule has 1 aromatic carbocycles. The van der Waals surface area contributed by atoms with Gasteiger partial charge in [0.1, 0.15) is 0 Å². The van der Waals surface area contributed by atoms with E-state index in [0.29, 0.717) is 6.54 Å². The van der Waals surface area contributed by atoms with Gasteiger partial charge in [0, 0.05) is 31.0 Å². The summed E-state index contributed by atoms with van der Waals surface area (Å²) in [5.41, 5.74) is 4.39. The second-order valence-electron chi connectivity index (χ2n) is 6.77. The predicted molar refractivity (Wildman–Crippen MR) is 103 cm³/mol. The van der Waals surface area contributed by atoms with E-state index in [1.165, 1.54) is 10.7 Å². The van der Waals surface area contributed by atoms with Gasteiger partial charge in [0.25, 0.3) is 0 Å². The summed E-state index contributed by atoms with van der Waals surface area (Å²) in [5.74, 6) is -1.45. The Balaban J connectivity index is 1.70. The summed E-state index contributed by atoms with van der Waals surface area (Å²) in [4.78, 5) is 23.6. The fourth-order valence-corrected chi connectivity index (χ4v) is 3.28. The topological polar surface area (TPSA) is 102 Å². The first-order valence-corrected chi connectivity index (χ1v) is 8.94. The zero-order chi connectivity index (χ0) is 20.4. The SMILES string of the molecule is Cc1nn(C)c(C)c1C(C)C(=O)NCc1cccc(-n2ccc(C(=O)O)n2)c1. The number of hydrogen-bond acceptors (Lipinski definition) is 4. The Bertz CT molecular complexity index is 1030. The second-order valence-corrected chi connectivity index (χ2v) is 6.77. The average molecular weight is 381 g/mol. The normalized spacial score (nSPS) is 12.0. The maximum Gasteiger partial charge on any atom is 0.356 e. The van der Waals surface area contributed by atoms with Crippen molar-refractivity contribution in [2.45, 2.75) is 33.2 Å². The van der Waals surface area contributed by atoms with Crippen molar-refractivity contribution in [2.24, 2.45) is 7.05 Å². The van der Waals surface area contributed by atoms with Crippen molar-refractivity contribution in [2.75, 3.05) is 0 Å². The maximum atomic E-state index is 12.6. The van der Waals surface area contributed by atoms with Crippen LogP contribution in [0.3, 0.4) is 0 Å². The Hall–Kier alpha value is -3.42. The van der Waals surface area contributed by atoms with Crippen molar-refractivity contribution < 1.29 is 14.7 Å². The molecule has 0 saturated heterocycles. The van der Waals surface area contributed by atoms with Gasteiger partial charge < -0.3 is 10.4 Å². The quantitative estimate of drug-likeness (QED) is 0.682. The summed E-state index contributed by atoms with van der Waals surface area (Å²) in [7, 11) is 1.87. The van der Waals surface area contributed by atoms with Gasteiger partial charge in [0.15, 0.2) is 5.69 Å². The number of amides is 1. The lowest BCUT2D eigenvalue weighted by Crippen LogP contribution is -2.28. The Morgan fingerprint density at radius 2 is 1.96 bits per heavy atom. The van der Waals surface area contributed by atoms with Gasteiger partial charge in [-0.25, -0.2) is 9.48 Å². The molecule has 0 bridgehead atoms. The Morgan fingerprint density at radius 1 is 1.21 bits per heavy atom. The Morgan fingerprint density at radius 3 is 2.57 bits per heavy atom. The molecule has 1 atom stereocenters. The summed E-state index contributed by atoms with van der Waals surface area (Å²) in [5, 5.41) is 20.4. The predicted octanol–water partition coefficient (Wildman–Crippen LogP) is 2.34. The molecule has 1 unspecified atom stereocenters. The molecule has 8 heteroatoms.